The summed E-state index contributed by atoms with van der Waals surface area (Å²) in [4.78, 5) is 24.3. The van der Waals surface area contributed by atoms with E-state index < -0.39 is 0 Å². The highest BCUT2D eigenvalue weighted by molar-refractivity contribution is 5.97. The van der Waals surface area contributed by atoms with Crippen LogP contribution in [0.5, 0.6) is 0 Å². The summed E-state index contributed by atoms with van der Waals surface area (Å²) >= 11 is 0. The van der Waals surface area contributed by atoms with Crippen molar-refractivity contribution in [2.75, 3.05) is 0 Å². The third kappa shape index (κ3) is 1.74. The van der Waals surface area contributed by atoms with Gasteiger partial charge in [0.15, 0.2) is 0 Å². The van der Waals surface area contributed by atoms with E-state index in [2.05, 4.69) is 0 Å². The maximum atomic E-state index is 12.2. The number of carbonyl (C=O) groups is 2. The molecule has 2 aromatic rings. The molecule has 2 aliphatic heterocycles. The van der Waals surface area contributed by atoms with Crippen LogP contribution < -0.4 is 0 Å². The van der Waals surface area contributed by atoms with Crippen molar-refractivity contribution in [3.05, 3.63) is 71.8 Å². The quantitative estimate of drug-likeness (QED) is 0.626. The Hall–Kier alpha value is -2.42. The van der Waals surface area contributed by atoms with Crippen LogP contribution in [0.25, 0.3) is 0 Å². The Morgan fingerprint density at radius 2 is 0.952 bits per heavy atom. The zero-order chi connectivity index (χ0) is 14.4. The molecule has 3 heteroatoms. The van der Waals surface area contributed by atoms with E-state index in [0.717, 1.165) is 11.1 Å². The molecular weight excluding hydrogens is 264 g/mol. The molecule has 5 rings (SSSR count). The van der Waals surface area contributed by atoms with Crippen molar-refractivity contribution in [1.82, 2.24) is 0 Å². The highest BCUT2D eigenvalue weighted by Crippen LogP contribution is 2.60. The zero-order valence-electron chi connectivity index (χ0n) is 11.3. The second kappa shape index (κ2) is 4.55. The Labute approximate surface area is 122 Å². The smallest absolute Gasteiger partial charge is 0.317 e. The average molecular weight is 278 g/mol. The van der Waals surface area contributed by atoms with E-state index in [1.807, 2.05) is 60.7 Å². The third-order valence-electron chi connectivity index (χ3n) is 4.66. The highest BCUT2D eigenvalue weighted by atomic mass is 16.6. The lowest BCUT2D eigenvalue weighted by Gasteiger charge is -2.52. The lowest BCUT2D eigenvalue weighted by molar-refractivity contribution is -0.188. The molecule has 0 spiro atoms. The van der Waals surface area contributed by atoms with Gasteiger partial charge in [-0.3, -0.25) is 9.59 Å². The van der Waals surface area contributed by atoms with Crippen molar-refractivity contribution in [1.29, 1.82) is 0 Å². The number of hydrogen-bond donors (Lipinski definition) is 0. The van der Waals surface area contributed by atoms with Gasteiger partial charge in [-0.05, 0) is 11.1 Å². The van der Waals surface area contributed by atoms with Crippen LogP contribution in [0.3, 0.4) is 0 Å². The van der Waals surface area contributed by atoms with Gasteiger partial charge < -0.3 is 4.74 Å². The number of benzene rings is 2. The van der Waals surface area contributed by atoms with Crippen molar-refractivity contribution >= 4 is 11.9 Å². The first-order valence-corrected chi connectivity index (χ1v) is 7.13. The van der Waals surface area contributed by atoms with E-state index in [4.69, 9.17) is 4.74 Å². The van der Waals surface area contributed by atoms with Gasteiger partial charge in [-0.25, -0.2) is 0 Å². The second-order valence-corrected chi connectivity index (χ2v) is 5.66. The molecule has 2 aromatic carbocycles. The minimum absolute atomic E-state index is 0.0508. The number of ether oxygens (including phenoxy) is 1. The monoisotopic (exact) mass is 278 g/mol. The lowest BCUT2D eigenvalue weighted by Crippen LogP contribution is -2.57. The van der Waals surface area contributed by atoms with E-state index in [1.165, 1.54) is 0 Å². The number of hydrogen-bond acceptors (Lipinski definition) is 3. The van der Waals surface area contributed by atoms with E-state index >= 15 is 0 Å². The van der Waals surface area contributed by atoms with E-state index in [-0.39, 0.29) is 35.6 Å². The molecule has 0 atom stereocenters. The van der Waals surface area contributed by atoms with Crippen molar-refractivity contribution < 1.29 is 14.3 Å². The van der Waals surface area contributed by atoms with Crippen LogP contribution in [0.2, 0.25) is 0 Å². The van der Waals surface area contributed by atoms with Crippen molar-refractivity contribution in [2.45, 2.75) is 11.8 Å². The van der Waals surface area contributed by atoms with Gasteiger partial charge in [0.05, 0.1) is 11.8 Å². The van der Waals surface area contributed by atoms with Crippen LogP contribution in [-0.4, -0.2) is 11.9 Å². The third-order valence-corrected chi connectivity index (χ3v) is 4.66. The fourth-order valence-corrected chi connectivity index (χ4v) is 3.75. The molecule has 0 amide bonds. The van der Waals surface area contributed by atoms with Crippen molar-refractivity contribution in [3.63, 3.8) is 0 Å². The summed E-state index contributed by atoms with van der Waals surface area (Å²) in [5.41, 5.74) is 2.09. The Bertz CT molecular complexity index is 623. The molecule has 104 valence electrons. The first-order chi connectivity index (χ1) is 10.3. The van der Waals surface area contributed by atoms with Gasteiger partial charge in [-0.1, -0.05) is 60.7 Å². The Kier molecular flexibility index (Phi) is 2.67. The van der Waals surface area contributed by atoms with Crippen LogP contribution in [0, 0.1) is 11.8 Å². The average Bonchev–Trinajstić information content (AvgIpc) is 2.48. The standard InChI is InChI=1S/C18H14O3/c19-17-15-13(11-7-3-1-4-8-11)16(18(20)21-17)14(15)12-9-5-2-6-10-12/h1-10,13-16H/t13-,14?,15-,16?/m1/s1. The van der Waals surface area contributed by atoms with Gasteiger partial charge in [0, 0.05) is 11.8 Å². The molecule has 3 nitrogen and oxygen atoms in total. The van der Waals surface area contributed by atoms with Gasteiger partial charge in [-0.2, -0.15) is 0 Å². The van der Waals surface area contributed by atoms with Crippen molar-refractivity contribution in [3.8, 4) is 0 Å². The number of rotatable bonds is 2. The SMILES string of the molecule is O=C1OC(=O)[C@H]2C(c3ccccc3)C1[C@@H]2c1ccccc1. The topological polar surface area (TPSA) is 43.4 Å². The molecule has 0 radical (unpaired) electrons. The molecule has 0 N–H and O–H groups in total. The molecule has 3 aliphatic rings. The summed E-state index contributed by atoms with van der Waals surface area (Å²) < 4.78 is 4.87. The first kappa shape index (κ1) is 12.3. The number of esters is 2. The summed E-state index contributed by atoms with van der Waals surface area (Å²) in [6.45, 7) is 0. The lowest BCUT2D eigenvalue weighted by atomic mass is 9.51. The van der Waals surface area contributed by atoms with Crippen LogP contribution in [0.15, 0.2) is 60.7 Å². The molecule has 2 bridgehead atoms. The molecule has 1 saturated carbocycles. The van der Waals surface area contributed by atoms with Gasteiger partial charge in [-0.15, -0.1) is 0 Å². The maximum absolute atomic E-state index is 12.2. The number of fused-ring (bicyclic) bond motifs is 2. The maximum Gasteiger partial charge on any atom is 0.317 e. The van der Waals surface area contributed by atoms with Crippen LogP contribution in [-0.2, 0) is 14.3 Å². The van der Waals surface area contributed by atoms with Crippen LogP contribution >= 0.6 is 0 Å². The zero-order valence-corrected chi connectivity index (χ0v) is 11.3. The summed E-state index contributed by atoms with van der Waals surface area (Å²) in [6, 6.07) is 19.6. The van der Waals surface area contributed by atoms with Crippen LogP contribution in [0.4, 0.5) is 0 Å². The van der Waals surface area contributed by atoms with Gasteiger partial charge in [0.2, 0.25) is 0 Å². The minimum atomic E-state index is -0.384. The molecule has 3 fully saturated rings. The molecule has 2 heterocycles. The largest absolute Gasteiger partial charge is 0.393 e. The summed E-state index contributed by atoms with van der Waals surface area (Å²) in [5.74, 6) is -1.37. The Balaban J connectivity index is 1.77. The Morgan fingerprint density at radius 3 is 1.33 bits per heavy atom. The molecule has 0 unspecified atom stereocenters. The molecule has 1 aliphatic carbocycles. The molecule has 21 heavy (non-hydrogen) atoms. The second-order valence-electron chi connectivity index (χ2n) is 5.66. The predicted octanol–water partition coefficient (Wildman–Crippen LogP) is 2.88. The fourth-order valence-electron chi connectivity index (χ4n) is 3.75. The normalized spacial score (nSPS) is 30.5. The Morgan fingerprint density at radius 1 is 0.571 bits per heavy atom. The fraction of sp³-hybridized carbons (Fsp3) is 0.222. The van der Waals surface area contributed by atoms with E-state index in [9.17, 15) is 9.59 Å². The minimum Gasteiger partial charge on any atom is -0.393 e. The molecule has 0 aromatic heterocycles. The molecule has 2 saturated heterocycles. The van der Waals surface area contributed by atoms with Gasteiger partial charge >= 0.3 is 11.9 Å². The number of carbonyl (C=O) groups excluding carboxylic acids is 2. The van der Waals surface area contributed by atoms with Crippen LogP contribution in [0.1, 0.15) is 23.0 Å². The summed E-state index contributed by atoms with van der Waals surface area (Å²) in [7, 11) is 0. The van der Waals surface area contributed by atoms with Gasteiger partial charge in [0.1, 0.15) is 0 Å². The summed E-state index contributed by atoms with van der Waals surface area (Å²) in [5, 5.41) is 0. The van der Waals surface area contributed by atoms with E-state index in [1.54, 1.807) is 0 Å². The van der Waals surface area contributed by atoms with Gasteiger partial charge in [0.25, 0.3) is 0 Å². The first-order valence-electron chi connectivity index (χ1n) is 7.13. The van der Waals surface area contributed by atoms with E-state index in [0.29, 0.717) is 0 Å². The molecular formula is C18H14O3. The summed E-state index contributed by atoms with van der Waals surface area (Å²) in [6.07, 6.45) is 0. The predicted molar refractivity (Wildman–Crippen MR) is 76.4 cm³/mol. The highest BCUT2D eigenvalue weighted by Gasteiger charge is 2.63. The van der Waals surface area contributed by atoms with Crippen molar-refractivity contribution in [2.24, 2.45) is 11.8 Å².